The van der Waals surface area contributed by atoms with Gasteiger partial charge in [-0.25, -0.2) is 0 Å². The number of nitrogens with zero attached hydrogens (tertiary/aromatic N) is 1. The Morgan fingerprint density at radius 2 is 0.520 bits per heavy atom. The zero-order chi connectivity index (χ0) is 19.4. The molecule has 0 aromatic heterocycles. The van der Waals surface area contributed by atoms with Crippen LogP contribution >= 0.6 is 159 Å². The van der Waals surface area contributed by atoms with Crippen molar-refractivity contribution in [2.24, 2.45) is 0 Å². The van der Waals surface area contributed by atoms with Gasteiger partial charge in [-0.15, -0.1) is 0 Å². The van der Waals surface area contributed by atoms with Gasteiger partial charge in [-0.2, -0.15) is 0 Å². The van der Waals surface area contributed by atoms with E-state index in [0.29, 0.717) is 4.48 Å². The van der Waals surface area contributed by atoms with Gasteiger partial charge in [0.05, 0.1) is 49.9 Å². The maximum atomic E-state index is 3.74. The molecule has 0 spiro atoms. The van der Waals surface area contributed by atoms with Crippen LogP contribution in [0.5, 0.6) is 0 Å². The minimum atomic E-state index is 0.456. The molecule has 0 fully saturated rings. The predicted molar refractivity (Wildman–Crippen MR) is 143 cm³/mol. The molecule has 0 radical (unpaired) electrons. The van der Waals surface area contributed by atoms with Crippen LogP contribution in [-0.4, -0.2) is 14.1 Å². The zero-order valence-corrected chi connectivity index (χ0v) is 28.1. The molecular formula is C14H6Br10N+. The average Bonchev–Trinajstić information content (AvgIpc) is 2.54. The van der Waals surface area contributed by atoms with Crippen molar-refractivity contribution >= 4 is 171 Å². The molecule has 11 heteroatoms. The van der Waals surface area contributed by atoms with Crippen LogP contribution in [0.4, 0.5) is 11.4 Å². The van der Waals surface area contributed by atoms with Gasteiger partial charge in [0.2, 0.25) is 0 Å². The summed E-state index contributed by atoms with van der Waals surface area (Å²) < 4.78 is 9.88. The van der Waals surface area contributed by atoms with Crippen molar-refractivity contribution in [3.05, 3.63) is 44.7 Å². The van der Waals surface area contributed by atoms with E-state index in [1.165, 1.54) is 0 Å². The molecule has 0 atom stereocenters. The minimum Gasteiger partial charge on any atom is -0.260 e. The van der Waals surface area contributed by atoms with Gasteiger partial charge >= 0.3 is 0 Å². The topological polar surface area (TPSA) is 0 Å². The van der Waals surface area contributed by atoms with Crippen LogP contribution in [-0.2, 0) is 0 Å². The van der Waals surface area contributed by atoms with E-state index in [2.05, 4.69) is 173 Å². The molecule has 0 heterocycles. The Morgan fingerprint density at radius 3 is 0.720 bits per heavy atom. The minimum absolute atomic E-state index is 0.456. The van der Waals surface area contributed by atoms with Gasteiger partial charge in [0.1, 0.15) is 0 Å². The molecule has 25 heavy (non-hydrogen) atoms. The first kappa shape index (κ1) is 24.5. The van der Waals surface area contributed by atoms with Crippen molar-refractivity contribution in [2.75, 3.05) is 14.1 Å². The first-order valence-corrected chi connectivity index (χ1v) is 14.2. The summed E-state index contributed by atoms with van der Waals surface area (Å²) in [6.07, 6.45) is 0. The number of hydrogen-bond acceptors (Lipinski definition) is 0. The van der Waals surface area contributed by atoms with E-state index < -0.39 is 0 Å². The summed E-state index contributed by atoms with van der Waals surface area (Å²) in [5, 5.41) is 0. The molecule has 2 rings (SSSR count). The third kappa shape index (κ3) is 4.32. The predicted octanol–water partition coefficient (Wildman–Crippen LogP) is 11.2. The molecule has 0 aliphatic carbocycles. The number of halogens is 10. The van der Waals surface area contributed by atoms with Crippen LogP contribution in [0, 0.1) is 0 Å². The van der Waals surface area contributed by atoms with E-state index >= 15 is 0 Å². The Kier molecular flexibility index (Phi) is 8.94. The van der Waals surface area contributed by atoms with Crippen LogP contribution in [0.15, 0.2) is 44.7 Å². The van der Waals surface area contributed by atoms with E-state index in [4.69, 9.17) is 0 Å². The van der Waals surface area contributed by atoms with Gasteiger partial charge in [0, 0.05) is 8.95 Å². The molecular weight excluding hydrogens is 981 g/mol. The van der Waals surface area contributed by atoms with Crippen LogP contribution in [0.25, 0.3) is 0 Å². The lowest BCUT2D eigenvalue weighted by Crippen LogP contribution is -2.36. The Bertz CT molecular complexity index is 761. The fourth-order valence-electron chi connectivity index (χ4n) is 2.28. The fraction of sp³-hybridized carbons (Fsp3) is 0.143. The molecule has 0 saturated heterocycles. The lowest BCUT2D eigenvalue weighted by molar-refractivity contribution is 0.544. The molecule has 2 aromatic carbocycles. The van der Waals surface area contributed by atoms with Gasteiger partial charge in [-0.05, 0) is 159 Å². The van der Waals surface area contributed by atoms with E-state index in [1.807, 2.05) is 0 Å². The molecule has 0 N–H and O–H groups in total. The second-order valence-corrected chi connectivity index (χ2v) is 13.2. The molecule has 2 aromatic rings. The van der Waals surface area contributed by atoms with E-state index in [0.717, 1.165) is 56.1 Å². The number of benzene rings is 2. The highest BCUT2D eigenvalue weighted by atomic mass is 79.9. The summed E-state index contributed by atoms with van der Waals surface area (Å²) in [6.45, 7) is 0. The van der Waals surface area contributed by atoms with Gasteiger partial charge in [-0.1, -0.05) is 0 Å². The van der Waals surface area contributed by atoms with Crippen molar-refractivity contribution in [1.29, 1.82) is 0 Å². The number of hydrogen-bond donors (Lipinski definition) is 0. The second-order valence-electron chi connectivity index (χ2n) is 5.29. The van der Waals surface area contributed by atoms with Crippen LogP contribution < -0.4 is 4.48 Å². The third-order valence-electron chi connectivity index (χ3n) is 3.49. The summed E-state index contributed by atoms with van der Waals surface area (Å²) in [4.78, 5) is 0. The summed E-state index contributed by atoms with van der Waals surface area (Å²) in [5.74, 6) is 0. The zero-order valence-electron chi connectivity index (χ0n) is 12.2. The first-order valence-electron chi connectivity index (χ1n) is 6.23. The average molecular weight is 987 g/mol. The van der Waals surface area contributed by atoms with Gasteiger partial charge < -0.3 is 0 Å². The van der Waals surface area contributed by atoms with Crippen molar-refractivity contribution in [2.45, 2.75) is 0 Å². The van der Waals surface area contributed by atoms with E-state index in [9.17, 15) is 0 Å². The largest absolute Gasteiger partial charge is 0.260 e. The first-order chi connectivity index (χ1) is 11.4. The molecule has 0 aliphatic rings. The Balaban J connectivity index is 2.96. The quantitative estimate of drug-likeness (QED) is 0.160. The maximum absolute atomic E-state index is 3.74. The van der Waals surface area contributed by atoms with Crippen molar-refractivity contribution < 1.29 is 0 Å². The number of rotatable bonds is 2. The van der Waals surface area contributed by atoms with Crippen LogP contribution in [0.2, 0.25) is 0 Å². The Hall–Kier alpha value is 3.20. The molecule has 0 unspecified atom stereocenters. The normalized spacial score (nSPS) is 12.0. The van der Waals surface area contributed by atoms with Crippen molar-refractivity contribution in [3.8, 4) is 0 Å². The standard InChI is InChI=1S/C14H6Br10N/c1-25(2,13-9(21)5(17)3(15)6(18)10(13)22)14-11(23)7(19)4(16)8(20)12(14)24/h1-2H3/q+1. The van der Waals surface area contributed by atoms with Gasteiger partial charge in [0.25, 0.3) is 0 Å². The Morgan fingerprint density at radius 1 is 0.360 bits per heavy atom. The molecule has 0 amide bonds. The second kappa shape index (κ2) is 9.14. The molecule has 0 aliphatic heterocycles. The van der Waals surface area contributed by atoms with Crippen molar-refractivity contribution in [3.63, 3.8) is 0 Å². The maximum Gasteiger partial charge on any atom is 0.168 e. The molecule has 1 nitrogen and oxygen atoms in total. The smallest absolute Gasteiger partial charge is 0.168 e. The highest BCUT2D eigenvalue weighted by Crippen LogP contribution is 2.57. The highest BCUT2D eigenvalue weighted by Gasteiger charge is 2.37. The molecule has 0 saturated carbocycles. The van der Waals surface area contributed by atoms with Crippen molar-refractivity contribution in [1.82, 2.24) is 4.48 Å². The summed E-state index contributed by atoms with van der Waals surface area (Å²) in [6, 6.07) is 0. The SMILES string of the molecule is C[N+](C)(c1c(Br)c(Br)c(Br)c(Br)c1Br)c1c(Br)c(Br)c(Br)c(Br)c1Br. The van der Waals surface area contributed by atoms with Crippen LogP contribution in [0.1, 0.15) is 0 Å². The molecule has 0 bridgehead atoms. The summed E-state index contributed by atoms with van der Waals surface area (Å²) >= 11 is 36.8. The van der Waals surface area contributed by atoms with Gasteiger partial charge in [0.15, 0.2) is 11.4 Å². The van der Waals surface area contributed by atoms with E-state index in [-0.39, 0.29) is 0 Å². The summed E-state index contributed by atoms with van der Waals surface area (Å²) in [7, 11) is 4.24. The summed E-state index contributed by atoms with van der Waals surface area (Å²) in [5.41, 5.74) is 2.09. The van der Waals surface area contributed by atoms with E-state index in [1.54, 1.807) is 0 Å². The lowest BCUT2D eigenvalue weighted by Gasteiger charge is -2.34. The third-order valence-corrected chi connectivity index (χ3v) is 15.6. The molecule has 136 valence electrons. The highest BCUT2D eigenvalue weighted by molar-refractivity contribution is 9.16. The fourth-order valence-corrected chi connectivity index (χ4v) is 10.1. The monoisotopic (exact) mass is 977 g/mol. The number of quaternary nitrogens is 1. The Labute approximate surface area is 230 Å². The van der Waals surface area contributed by atoms with Gasteiger partial charge in [-0.3, -0.25) is 4.48 Å². The van der Waals surface area contributed by atoms with Crippen LogP contribution in [0.3, 0.4) is 0 Å². The lowest BCUT2D eigenvalue weighted by atomic mass is 10.2.